The maximum absolute atomic E-state index is 14.1. The number of primary amides is 2. The van der Waals surface area contributed by atoms with Gasteiger partial charge >= 0.3 is 11.9 Å². The maximum Gasteiger partial charge on any atom is 0.326 e. The van der Waals surface area contributed by atoms with E-state index in [0.29, 0.717) is 56.2 Å². The summed E-state index contributed by atoms with van der Waals surface area (Å²) < 4.78 is 0. The molecule has 4 rings (SSSR count). The number of benzene rings is 2. The van der Waals surface area contributed by atoms with Crippen molar-refractivity contribution in [1.82, 2.24) is 63.1 Å². The molecule has 14 atom stereocenters. The van der Waals surface area contributed by atoms with Crippen molar-refractivity contribution in [1.29, 1.82) is 0 Å². The molecule has 13 amide bonds. The number of nitrogens with zero attached hydrogens (tertiary/aromatic N) is 1. The lowest BCUT2D eigenvalue weighted by molar-refractivity contribution is -0.143. The second kappa shape index (κ2) is 47.8. The minimum Gasteiger partial charge on any atom is -0.480 e. The minimum atomic E-state index is -1.70. The van der Waals surface area contributed by atoms with E-state index in [1.165, 1.54) is 25.7 Å². The van der Waals surface area contributed by atoms with Gasteiger partial charge in [0, 0.05) is 55.7 Å². The fourth-order valence-corrected chi connectivity index (χ4v) is 12.7. The number of nitrogens with one attached hydrogen (secondary N) is 11. The summed E-state index contributed by atoms with van der Waals surface area (Å²) in [7, 11) is 0. The molecule has 0 radical (unpaired) electrons. The number of rotatable bonds is 52. The Morgan fingerprint density at radius 2 is 0.982 bits per heavy atom. The van der Waals surface area contributed by atoms with E-state index >= 15 is 0 Å². The average molecular weight is 1550 g/mol. The average Bonchev–Trinajstić information content (AvgIpc) is 1.44. The van der Waals surface area contributed by atoms with Gasteiger partial charge in [-0.15, -0.1) is 0 Å². The quantitative estimate of drug-likeness (QED) is 0.0341. The normalized spacial score (nSPS) is 16.2. The predicted molar refractivity (Wildman–Crippen MR) is 403 cm³/mol. The van der Waals surface area contributed by atoms with Gasteiger partial charge in [0.2, 0.25) is 76.8 Å². The van der Waals surface area contributed by atoms with Gasteiger partial charge in [-0.3, -0.25) is 62.3 Å². The fourth-order valence-electron chi connectivity index (χ4n) is 12.7. The number of hydrogen-bond donors (Lipinski definition) is 18. The number of aliphatic carboxylic acids is 2. The summed E-state index contributed by atoms with van der Waals surface area (Å²) in [5.41, 5.74) is 12.8. The van der Waals surface area contributed by atoms with Gasteiger partial charge in [0.15, 0.2) is 0 Å². The highest BCUT2D eigenvalue weighted by Gasteiger charge is 2.40. The third-order valence-corrected chi connectivity index (χ3v) is 19.2. The summed E-state index contributed by atoms with van der Waals surface area (Å²) in [4.78, 5) is 202. The Labute approximate surface area is 640 Å². The Morgan fingerprint density at radius 3 is 1.54 bits per heavy atom. The van der Waals surface area contributed by atoms with Crippen LogP contribution >= 0.6 is 0 Å². The summed E-state index contributed by atoms with van der Waals surface area (Å²) in [6, 6.07) is -0.191. The number of carboxylic acid groups (broad SMARTS) is 2. The maximum atomic E-state index is 14.1. The molecule has 1 aliphatic rings. The highest BCUT2D eigenvalue weighted by Crippen LogP contribution is 2.23. The number of nitrogens with two attached hydrogens (primary N) is 2. The number of carbonyl (C=O) groups excluding carboxylic acids is 13. The van der Waals surface area contributed by atoms with Crippen molar-refractivity contribution in [2.24, 2.45) is 23.3 Å². The topological polar surface area (TPSA) is 549 Å². The van der Waals surface area contributed by atoms with Crippen LogP contribution in [0.25, 0.3) is 10.9 Å². The molecule has 1 saturated heterocycles. The SMILES string of the molecule is CC[C@H](C)[C@H](NC(=O)[C@H](CCC(N)=O)NC(=O)[C@@H]1CCCN1C(=O)CCCCCCCCCCCCCCC(=O)N[C@@H](CO)C(=O)N[C@H](C(=O)N[C@@H](CC(C)C)C(=O)N[C@@H](CC(N)=O)C(=O)N[C@@H](Cc1ccccc1)C(=O)O)[C@H](C)O)C(=O)N[C@H](C(=O)N[C@@H](C)C(=O)N[C@@H](Cc1c[nH]c2ccccc12)C(=O)O)[C@@H](C)O. The number of unbranched alkanes of at least 4 members (excludes halogenated alkanes) is 11. The molecule has 1 aliphatic heterocycles. The van der Waals surface area contributed by atoms with Gasteiger partial charge in [0.25, 0.3) is 0 Å². The molecule has 3 aromatic rings. The van der Waals surface area contributed by atoms with Crippen LogP contribution in [0.2, 0.25) is 0 Å². The zero-order chi connectivity index (χ0) is 81.7. The number of aliphatic hydroxyl groups is 3. The van der Waals surface area contributed by atoms with E-state index in [1.54, 1.807) is 76.4 Å². The van der Waals surface area contributed by atoms with Crippen molar-refractivity contribution in [2.75, 3.05) is 13.2 Å². The molecule has 0 spiro atoms. The predicted octanol–water partition coefficient (Wildman–Crippen LogP) is 0.430. The van der Waals surface area contributed by atoms with Gasteiger partial charge in [-0.1, -0.05) is 147 Å². The number of H-pyrrole nitrogens is 1. The van der Waals surface area contributed by atoms with E-state index in [1.807, 2.05) is 12.1 Å². The minimum absolute atomic E-state index is 0.0329. The zero-order valence-corrected chi connectivity index (χ0v) is 64.1. The number of fused-ring (bicyclic) bond motifs is 1. The number of aromatic amines is 1. The molecule has 34 nitrogen and oxygen atoms in total. The van der Waals surface area contributed by atoms with Crippen molar-refractivity contribution < 1.29 is 97.5 Å². The van der Waals surface area contributed by atoms with E-state index in [2.05, 4.69) is 58.2 Å². The van der Waals surface area contributed by atoms with Gasteiger partial charge in [0.1, 0.15) is 66.5 Å². The van der Waals surface area contributed by atoms with E-state index in [4.69, 9.17) is 11.5 Å². The van der Waals surface area contributed by atoms with Crippen LogP contribution in [0.1, 0.15) is 194 Å². The van der Waals surface area contributed by atoms with Crippen molar-refractivity contribution in [3.8, 4) is 0 Å². The molecule has 2 heterocycles. The van der Waals surface area contributed by atoms with Crippen LogP contribution in [-0.4, -0.2) is 216 Å². The largest absolute Gasteiger partial charge is 0.480 e. The van der Waals surface area contributed by atoms with Crippen LogP contribution in [0.3, 0.4) is 0 Å². The van der Waals surface area contributed by atoms with Crippen LogP contribution in [-0.2, 0) is 84.8 Å². The Bertz CT molecular complexity index is 3570. The molecular weight excluding hydrogens is 1430 g/mol. The summed E-state index contributed by atoms with van der Waals surface area (Å²) in [5, 5.41) is 76.5. The standard InChI is InChI=1S/C76H116N14O20/c1-8-44(4)63(72(104)89-64(46(6)92)73(105)80-45(5)66(98)85-56(76(109)110)39-49-41-79-51-30-25-24-29-50(49)51)87-67(99)52(34-35-59(77)94)82-71(103)58-31-26-36-90(58)62(97)33-23-18-16-14-12-10-9-11-13-15-17-22-32-61(96)81-57(42-91)70(102)88-65(47(7)93)74(106)84-53(37-43(2)3)68(100)83-54(40-60(78)95)69(101)86-55(75(107)108)38-48-27-20-19-21-28-48/h19-21,24-25,27-30,41,43-47,52-58,63-65,79,91-93H,8-18,22-23,26,31-40,42H2,1-7H3,(H2,77,94)(H2,78,95)(H,80,105)(H,81,96)(H,82,103)(H,83,100)(H,84,106)(H,85,98)(H,86,101)(H,87,99)(H,88,102)(H,89,104)(H,107,108)(H,109,110)/t44-,45-,46+,47-,52-,53-,54-,55-,56-,57-,58-,63-,64-,65-/m0/s1. The molecule has 0 saturated carbocycles. The van der Waals surface area contributed by atoms with Crippen LogP contribution < -0.4 is 64.6 Å². The fraction of sp³-hybridized carbons (Fsp3) is 0.618. The number of amides is 13. The highest BCUT2D eigenvalue weighted by atomic mass is 16.4. The van der Waals surface area contributed by atoms with Gasteiger partial charge in [-0.2, -0.15) is 0 Å². The van der Waals surface area contributed by atoms with Crippen molar-refractivity contribution >= 4 is 99.6 Å². The first-order valence-corrected chi connectivity index (χ1v) is 38.1. The lowest BCUT2D eigenvalue weighted by atomic mass is 9.96. The number of likely N-dealkylation sites (tertiary alicyclic amines) is 1. The molecule has 0 unspecified atom stereocenters. The molecule has 0 bridgehead atoms. The molecule has 1 fully saturated rings. The van der Waals surface area contributed by atoms with Gasteiger partial charge in [-0.25, -0.2) is 9.59 Å². The molecule has 610 valence electrons. The monoisotopic (exact) mass is 1540 g/mol. The smallest absolute Gasteiger partial charge is 0.326 e. The number of carboxylic acids is 2. The second-order valence-corrected chi connectivity index (χ2v) is 28.9. The van der Waals surface area contributed by atoms with Crippen LogP contribution in [0.15, 0.2) is 60.8 Å². The first-order valence-electron chi connectivity index (χ1n) is 38.1. The summed E-state index contributed by atoms with van der Waals surface area (Å²) in [6.45, 7) is 9.98. The second-order valence-electron chi connectivity index (χ2n) is 28.9. The first kappa shape index (κ1) is 92.3. The number of para-hydroxylation sites is 1. The van der Waals surface area contributed by atoms with Crippen molar-refractivity contribution in [2.45, 2.75) is 275 Å². The third-order valence-electron chi connectivity index (χ3n) is 19.2. The molecule has 34 heteroatoms. The Hall–Kier alpha value is -10.1. The van der Waals surface area contributed by atoms with Gasteiger partial charge < -0.3 is 100 Å². The molecule has 110 heavy (non-hydrogen) atoms. The molecular formula is C76H116N14O20. The highest BCUT2D eigenvalue weighted by molar-refractivity contribution is 6.00. The summed E-state index contributed by atoms with van der Waals surface area (Å²) in [5.74, 6) is -14.4. The molecule has 1 aromatic heterocycles. The van der Waals surface area contributed by atoms with Crippen LogP contribution in [0, 0.1) is 11.8 Å². The third kappa shape index (κ3) is 31.9. The Balaban J connectivity index is 1.15. The van der Waals surface area contributed by atoms with Crippen molar-refractivity contribution in [3.05, 3.63) is 71.9 Å². The summed E-state index contributed by atoms with van der Waals surface area (Å²) >= 11 is 0. The van der Waals surface area contributed by atoms with Crippen LogP contribution in [0.4, 0.5) is 0 Å². The lowest BCUT2D eigenvalue weighted by Crippen LogP contribution is -2.62. The van der Waals surface area contributed by atoms with E-state index < -0.39 is 180 Å². The van der Waals surface area contributed by atoms with Crippen LogP contribution in [0.5, 0.6) is 0 Å². The number of carbonyl (C=O) groups is 15. The van der Waals surface area contributed by atoms with Gasteiger partial charge in [-0.05, 0) is 88.3 Å². The van der Waals surface area contributed by atoms with Crippen molar-refractivity contribution in [3.63, 3.8) is 0 Å². The number of aromatic nitrogens is 1. The summed E-state index contributed by atoms with van der Waals surface area (Å²) in [6.07, 6.45) is 8.46. The number of aliphatic hydroxyl groups excluding tert-OH is 3. The lowest BCUT2D eigenvalue weighted by Gasteiger charge is -2.30. The van der Waals surface area contributed by atoms with Gasteiger partial charge in [0.05, 0.1) is 25.2 Å². The Kier molecular flexibility index (Phi) is 40.1. The first-order chi connectivity index (χ1) is 52.1. The molecule has 2 aromatic carbocycles. The van der Waals surface area contributed by atoms with E-state index in [0.717, 1.165) is 68.7 Å². The van der Waals surface area contributed by atoms with E-state index in [9.17, 15) is 97.5 Å². The number of hydrogen-bond acceptors (Lipinski definition) is 18. The molecule has 0 aliphatic carbocycles. The Morgan fingerprint density at radius 1 is 0.500 bits per heavy atom. The molecule has 20 N–H and O–H groups in total. The zero-order valence-electron chi connectivity index (χ0n) is 64.1. The van der Waals surface area contributed by atoms with E-state index in [-0.39, 0.29) is 56.8 Å².